The lowest BCUT2D eigenvalue weighted by atomic mass is 10.1. The highest BCUT2D eigenvalue weighted by atomic mass is 15.0. The summed E-state index contributed by atoms with van der Waals surface area (Å²) in [7, 11) is 0. The zero-order valence-corrected chi connectivity index (χ0v) is 11.5. The van der Waals surface area contributed by atoms with Gasteiger partial charge >= 0.3 is 0 Å². The molecule has 0 spiro atoms. The molecular weight excluding hydrogens is 220 g/mol. The highest BCUT2D eigenvalue weighted by Gasteiger charge is 2.11. The highest BCUT2D eigenvalue weighted by Crippen LogP contribution is 2.23. The SMILES string of the molecule is CCc1ccccc1-n1c(C)cc(CCN)c1C. The zero-order valence-electron chi connectivity index (χ0n) is 11.5. The Morgan fingerprint density at radius 2 is 1.83 bits per heavy atom. The summed E-state index contributed by atoms with van der Waals surface area (Å²) < 4.78 is 2.35. The average Bonchev–Trinajstić information content (AvgIpc) is 2.65. The van der Waals surface area contributed by atoms with E-state index in [1.54, 1.807) is 0 Å². The summed E-state index contributed by atoms with van der Waals surface area (Å²) in [5.41, 5.74) is 12.3. The Morgan fingerprint density at radius 1 is 1.11 bits per heavy atom. The topological polar surface area (TPSA) is 30.9 Å². The zero-order chi connectivity index (χ0) is 13.1. The molecule has 0 atom stereocenters. The Morgan fingerprint density at radius 3 is 2.50 bits per heavy atom. The van der Waals surface area contributed by atoms with Crippen LogP contribution in [0.2, 0.25) is 0 Å². The molecule has 1 heterocycles. The van der Waals surface area contributed by atoms with Crippen molar-refractivity contribution in [3.05, 3.63) is 52.8 Å². The first-order valence-corrected chi connectivity index (χ1v) is 6.65. The van der Waals surface area contributed by atoms with Gasteiger partial charge in [-0.1, -0.05) is 25.1 Å². The number of rotatable bonds is 4. The van der Waals surface area contributed by atoms with E-state index in [1.807, 2.05) is 0 Å². The van der Waals surface area contributed by atoms with Crippen LogP contribution in [0.25, 0.3) is 5.69 Å². The third-order valence-corrected chi connectivity index (χ3v) is 3.56. The minimum Gasteiger partial charge on any atom is -0.330 e. The molecule has 0 fully saturated rings. The van der Waals surface area contributed by atoms with Crippen LogP contribution in [-0.2, 0) is 12.8 Å². The molecular formula is C16H22N2. The Bertz CT molecular complexity index is 538. The maximum Gasteiger partial charge on any atom is 0.0486 e. The van der Waals surface area contributed by atoms with Crippen LogP contribution in [0, 0.1) is 13.8 Å². The van der Waals surface area contributed by atoms with Crippen LogP contribution in [0.5, 0.6) is 0 Å². The Balaban J connectivity index is 2.57. The van der Waals surface area contributed by atoms with Crippen LogP contribution >= 0.6 is 0 Å². The quantitative estimate of drug-likeness (QED) is 0.877. The summed E-state index contributed by atoms with van der Waals surface area (Å²) in [6, 6.07) is 10.9. The number of aryl methyl sites for hydroxylation is 2. The number of nitrogens with zero attached hydrogens (tertiary/aromatic N) is 1. The van der Waals surface area contributed by atoms with Crippen molar-refractivity contribution in [2.45, 2.75) is 33.6 Å². The maximum absolute atomic E-state index is 5.67. The van der Waals surface area contributed by atoms with Gasteiger partial charge in [0.1, 0.15) is 0 Å². The third kappa shape index (κ3) is 2.21. The molecule has 0 aliphatic carbocycles. The van der Waals surface area contributed by atoms with Gasteiger partial charge in [0.05, 0.1) is 0 Å². The number of aromatic nitrogens is 1. The van der Waals surface area contributed by atoms with Gasteiger partial charge in [0.25, 0.3) is 0 Å². The van der Waals surface area contributed by atoms with E-state index < -0.39 is 0 Å². The van der Waals surface area contributed by atoms with E-state index in [-0.39, 0.29) is 0 Å². The van der Waals surface area contributed by atoms with Crippen LogP contribution in [0.3, 0.4) is 0 Å². The molecule has 2 rings (SSSR count). The van der Waals surface area contributed by atoms with E-state index in [1.165, 1.54) is 28.2 Å². The fourth-order valence-corrected chi connectivity index (χ4v) is 2.64. The second kappa shape index (κ2) is 5.40. The van der Waals surface area contributed by atoms with Crippen molar-refractivity contribution < 1.29 is 0 Å². The Labute approximate surface area is 109 Å². The lowest BCUT2D eigenvalue weighted by Crippen LogP contribution is -2.06. The van der Waals surface area contributed by atoms with E-state index >= 15 is 0 Å². The number of hydrogen-bond donors (Lipinski definition) is 1. The normalized spacial score (nSPS) is 10.9. The lowest BCUT2D eigenvalue weighted by molar-refractivity contribution is 0.907. The largest absolute Gasteiger partial charge is 0.330 e. The van der Waals surface area contributed by atoms with Crippen LogP contribution in [0.4, 0.5) is 0 Å². The second-order valence-electron chi connectivity index (χ2n) is 4.75. The van der Waals surface area contributed by atoms with Crippen LogP contribution in [0.1, 0.15) is 29.4 Å². The molecule has 0 bridgehead atoms. The molecule has 2 heteroatoms. The summed E-state index contributed by atoms with van der Waals surface area (Å²) in [6.45, 7) is 7.26. The fourth-order valence-electron chi connectivity index (χ4n) is 2.64. The monoisotopic (exact) mass is 242 g/mol. The summed E-state index contributed by atoms with van der Waals surface area (Å²) >= 11 is 0. The average molecular weight is 242 g/mol. The molecule has 2 N–H and O–H groups in total. The summed E-state index contributed by atoms with van der Waals surface area (Å²) in [6.07, 6.45) is 2.01. The van der Waals surface area contributed by atoms with Gasteiger partial charge in [-0.15, -0.1) is 0 Å². The minimum absolute atomic E-state index is 0.708. The molecule has 1 aromatic carbocycles. The Kier molecular flexibility index (Phi) is 3.87. The van der Waals surface area contributed by atoms with Crippen molar-refractivity contribution in [2.24, 2.45) is 5.73 Å². The van der Waals surface area contributed by atoms with Gasteiger partial charge in [-0.2, -0.15) is 0 Å². The lowest BCUT2D eigenvalue weighted by Gasteiger charge is -2.14. The number of hydrogen-bond acceptors (Lipinski definition) is 1. The van der Waals surface area contributed by atoms with E-state index in [9.17, 15) is 0 Å². The van der Waals surface area contributed by atoms with Gasteiger partial charge < -0.3 is 10.3 Å². The van der Waals surface area contributed by atoms with Crippen LogP contribution < -0.4 is 5.73 Å². The molecule has 0 aliphatic rings. The molecule has 0 unspecified atom stereocenters. The predicted octanol–water partition coefficient (Wildman–Crippen LogP) is 3.16. The summed E-state index contributed by atoms with van der Waals surface area (Å²) in [5, 5.41) is 0. The van der Waals surface area contributed by atoms with Gasteiger partial charge in [-0.3, -0.25) is 0 Å². The third-order valence-electron chi connectivity index (χ3n) is 3.56. The number of para-hydroxylation sites is 1. The van der Waals surface area contributed by atoms with E-state index in [4.69, 9.17) is 5.73 Å². The Hall–Kier alpha value is -1.54. The molecule has 0 amide bonds. The van der Waals surface area contributed by atoms with Gasteiger partial charge in [-0.05, 0) is 56.5 Å². The van der Waals surface area contributed by atoms with Crippen molar-refractivity contribution in [2.75, 3.05) is 6.54 Å². The van der Waals surface area contributed by atoms with Crippen molar-refractivity contribution in [3.8, 4) is 5.69 Å². The van der Waals surface area contributed by atoms with Gasteiger partial charge in [0.2, 0.25) is 0 Å². The van der Waals surface area contributed by atoms with Gasteiger partial charge in [-0.25, -0.2) is 0 Å². The first-order chi connectivity index (χ1) is 8.69. The van der Waals surface area contributed by atoms with Crippen molar-refractivity contribution in [3.63, 3.8) is 0 Å². The standard InChI is InChI=1S/C16H22N2/c1-4-14-7-5-6-8-16(14)18-12(2)11-15(9-10-17)13(18)3/h5-8,11H,4,9-10,17H2,1-3H3. The van der Waals surface area contributed by atoms with E-state index in [0.29, 0.717) is 6.54 Å². The number of nitrogens with two attached hydrogens (primary N) is 1. The fraction of sp³-hybridized carbons (Fsp3) is 0.375. The van der Waals surface area contributed by atoms with Crippen molar-refractivity contribution >= 4 is 0 Å². The molecule has 0 saturated carbocycles. The van der Waals surface area contributed by atoms with Crippen molar-refractivity contribution in [1.29, 1.82) is 0 Å². The highest BCUT2D eigenvalue weighted by molar-refractivity contribution is 5.46. The predicted molar refractivity (Wildman–Crippen MR) is 77.4 cm³/mol. The first kappa shape index (κ1) is 12.9. The first-order valence-electron chi connectivity index (χ1n) is 6.65. The van der Waals surface area contributed by atoms with E-state index in [0.717, 1.165) is 12.8 Å². The minimum atomic E-state index is 0.708. The summed E-state index contributed by atoms with van der Waals surface area (Å²) in [4.78, 5) is 0. The summed E-state index contributed by atoms with van der Waals surface area (Å²) in [5.74, 6) is 0. The van der Waals surface area contributed by atoms with Crippen molar-refractivity contribution in [1.82, 2.24) is 4.57 Å². The molecule has 2 nitrogen and oxygen atoms in total. The molecule has 96 valence electrons. The van der Waals surface area contributed by atoms with Gasteiger partial charge in [0.15, 0.2) is 0 Å². The van der Waals surface area contributed by atoms with Crippen LogP contribution in [-0.4, -0.2) is 11.1 Å². The molecule has 2 aromatic rings. The molecule has 1 aromatic heterocycles. The second-order valence-corrected chi connectivity index (χ2v) is 4.75. The van der Waals surface area contributed by atoms with Gasteiger partial charge in [0, 0.05) is 17.1 Å². The molecule has 0 aliphatic heterocycles. The number of benzene rings is 1. The molecule has 0 radical (unpaired) electrons. The van der Waals surface area contributed by atoms with Crippen LogP contribution in [0.15, 0.2) is 30.3 Å². The van der Waals surface area contributed by atoms with E-state index in [2.05, 4.69) is 55.7 Å². The smallest absolute Gasteiger partial charge is 0.0486 e. The molecule has 0 saturated heterocycles. The maximum atomic E-state index is 5.67. The molecule has 18 heavy (non-hydrogen) atoms.